The number of anilines is 4. The van der Waals surface area contributed by atoms with E-state index in [-0.39, 0.29) is 0 Å². The number of nitrogens with zero attached hydrogens (tertiary/aromatic N) is 2. The molecule has 24 heavy (non-hydrogen) atoms. The smallest absolute Gasteiger partial charge is 0.151 e. The summed E-state index contributed by atoms with van der Waals surface area (Å²) >= 11 is 0. The Balaban J connectivity index is 1.92. The van der Waals surface area contributed by atoms with Crippen molar-refractivity contribution < 1.29 is 4.74 Å². The van der Waals surface area contributed by atoms with Gasteiger partial charge >= 0.3 is 0 Å². The highest BCUT2D eigenvalue weighted by Crippen LogP contribution is 2.50. The minimum atomic E-state index is 0.882. The molecule has 1 aliphatic rings. The summed E-state index contributed by atoms with van der Waals surface area (Å²) in [6.07, 6.45) is 0. The second kappa shape index (κ2) is 5.60. The van der Waals surface area contributed by atoms with Crippen molar-refractivity contribution >= 4 is 22.7 Å². The van der Waals surface area contributed by atoms with Crippen molar-refractivity contribution in [2.24, 2.45) is 0 Å². The van der Waals surface area contributed by atoms with Gasteiger partial charge in [0.25, 0.3) is 0 Å². The topological polar surface area (TPSA) is 15.7 Å². The minimum Gasteiger partial charge on any atom is -0.453 e. The molecule has 3 heteroatoms. The van der Waals surface area contributed by atoms with Crippen molar-refractivity contribution in [3.05, 3.63) is 72.3 Å². The fraction of sp³-hybridized carbons (Fsp3) is 0.143. The van der Waals surface area contributed by atoms with Crippen LogP contribution in [0, 0.1) is 6.92 Å². The van der Waals surface area contributed by atoms with Crippen LogP contribution >= 0.6 is 0 Å². The van der Waals surface area contributed by atoms with E-state index in [9.17, 15) is 0 Å². The van der Waals surface area contributed by atoms with E-state index in [4.69, 9.17) is 4.74 Å². The molecule has 0 saturated heterocycles. The lowest BCUT2D eigenvalue weighted by molar-refractivity contribution is 0.477. The molecular formula is C21H20N2O. The summed E-state index contributed by atoms with van der Waals surface area (Å²) in [4.78, 5) is 4.40. The van der Waals surface area contributed by atoms with Gasteiger partial charge in [-0.25, -0.2) is 0 Å². The number of benzene rings is 3. The van der Waals surface area contributed by atoms with E-state index >= 15 is 0 Å². The molecule has 0 aromatic heterocycles. The number of hydrogen-bond acceptors (Lipinski definition) is 3. The molecule has 0 fully saturated rings. The van der Waals surface area contributed by atoms with Gasteiger partial charge in [-0.2, -0.15) is 0 Å². The van der Waals surface area contributed by atoms with Gasteiger partial charge < -0.3 is 14.5 Å². The largest absolute Gasteiger partial charge is 0.453 e. The van der Waals surface area contributed by atoms with Crippen molar-refractivity contribution in [2.75, 3.05) is 23.9 Å². The second-order valence-corrected chi connectivity index (χ2v) is 6.24. The molecule has 3 aromatic carbocycles. The molecule has 1 aliphatic heterocycles. The van der Waals surface area contributed by atoms with Crippen LogP contribution in [0.15, 0.2) is 66.7 Å². The SMILES string of the molecule is Cc1cc(N(C)C)ccc1N1c2ccccc2Oc2ccccc21. The first-order valence-electron chi connectivity index (χ1n) is 8.09. The van der Waals surface area contributed by atoms with Gasteiger partial charge in [0.2, 0.25) is 0 Å². The van der Waals surface area contributed by atoms with E-state index in [1.165, 1.54) is 16.9 Å². The predicted octanol–water partition coefficient (Wildman–Crippen LogP) is 5.64. The first kappa shape index (κ1) is 14.6. The van der Waals surface area contributed by atoms with Crippen LogP contribution in [0.25, 0.3) is 0 Å². The Kier molecular flexibility index (Phi) is 3.42. The van der Waals surface area contributed by atoms with Gasteiger partial charge in [0.05, 0.1) is 11.4 Å². The van der Waals surface area contributed by atoms with Crippen LogP contribution in [-0.2, 0) is 0 Å². The zero-order chi connectivity index (χ0) is 16.7. The van der Waals surface area contributed by atoms with Crippen LogP contribution in [0.4, 0.5) is 22.7 Å². The van der Waals surface area contributed by atoms with Crippen molar-refractivity contribution in [3.8, 4) is 11.5 Å². The molecule has 0 saturated carbocycles. The number of rotatable bonds is 2. The van der Waals surface area contributed by atoms with Crippen LogP contribution < -0.4 is 14.5 Å². The molecule has 3 nitrogen and oxygen atoms in total. The Morgan fingerprint density at radius 3 is 1.88 bits per heavy atom. The van der Waals surface area contributed by atoms with Gasteiger partial charge in [-0.15, -0.1) is 0 Å². The maximum Gasteiger partial charge on any atom is 0.151 e. The molecule has 0 N–H and O–H groups in total. The summed E-state index contributed by atoms with van der Waals surface area (Å²) in [5.74, 6) is 1.76. The Bertz CT molecular complexity index is 856. The predicted molar refractivity (Wildman–Crippen MR) is 100 cm³/mol. The summed E-state index contributed by atoms with van der Waals surface area (Å²) in [6, 6.07) is 22.9. The third kappa shape index (κ3) is 2.29. The van der Waals surface area contributed by atoms with Crippen molar-refractivity contribution in [2.45, 2.75) is 6.92 Å². The Morgan fingerprint density at radius 2 is 1.33 bits per heavy atom. The summed E-state index contributed by atoms with van der Waals surface area (Å²) in [6.45, 7) is 2.16. The monoisotopic (exact) mass is 316 g/mol. The van der Waals surface area contributed by atoms with Crippen molar-refractivity contribution in [1.29, 1.82) is 0 Å². The highest BCUT2D eigenvalue weighted by molar-refractivity contribution is 5.87. The lowest BCUT2D eigenvalue weighted by Gasteiger charge is -2.34. The standard InChI is InChI=1S/C21H20N2O/c1-15-14-16(22(2)3)12-13-17(15)23-18-8-4-6-10-20(18)24-21-11-7-5-9-19(21)23/h4-14H,1-3H3. The zero-order valence-electron chi connectivity index (χ0n) is 14.2. The third-order valence-corrected chi connectivity index (χ3v) is 4.37. The Hall–Kier alpha value is -2.94. The van der Waals surface area contributed by atoms with E-state index < -0.39 is 0 Å². The summed E-state index contributed by atoms with van der Waals surface area (Å²) in [5.41, 5.74) is 5.73. The highest BCUT2D eigenvalue weighted by Gasteiger charge is 2.26. The van der Waals surface area contributed by atoms with Gasteiger partial charge in [0.15, 0.2) is 11.5 Å². The van der Waals surface area contributed by atoms with E-state index in [1.54, 1.807) is 0 Å². The molecule has 120 valence electrons. The van der Waals surface area contributed by atoms with E-state index in [2.05, 4.69) is 61.2 Å². The molecule has 0 radical (unpaired) electrons. The first-order valence-corrected chi connectivity index (χ1v) is 8.09. The van der Waals surface area contributed by atoms with Crippen LogP contribution in [0.2, 0.25) is 0 Å². The van der Waals surface area contributed by atoms with Gasteiger partial charge in [0.1, 0.15) is 0 Å². The number of fused-ring (bicyclic) bond motifs is 2. The average Bonchev–Trinajstić information content (AvgIpc) is 2.60. The lowest BCUT2D eigenvalue weighted by atomic mass is 10.1. The summed E-state index contributed by atoms with van der Waals surface area (Å²) in [5, 5.41) is 0. The molecule has 0 spiro atoms. The van der Waals surface area contributed by atoms with Crippen LogP contribution in [0.3, 0.4) is 0 Å². The highest BCUT2D eigenvalue weighted by atomic mass is 16.5. The minimum absolute atomic E-state index is 0.882. The normalized spacial score (nSPS) is 12.2. The van der Waals surface area contributed by atoms with Gasteiger partial charge in [-0.1, -0.05) is 24.3 Å². The maximum absolute atomic E-state index is 6.08. The van der Waals surface area contributed by atoms with E-state index in [1.807, 2.05) is 36.4 Å². The summed E-state index contributed by atoms with van der Waals surface area (Å²) < 4.78 is 6.08. The molecule has 0 unspecified atom stereocenters. The lowest BCUT2D eigenvalue weighted by Crippen LogP contribution is -2.17. The molecule has 0 amide bonds. The number of hydrogen-bond donors (Lipinski definition) is 0. The Morgan fingerprint density at radius 1 is 0.750 bits per heavy atom. The third-order valence-electron chi connectivity index (χ3n) is 4.37. The van der Waals surface area contributed by atoms with Crippen molar-refractivity contribution in [3.63, 3.8) is 0 Å². The molecule has 4 rings (SSSR count). The fourth-order valence-electron chi connectivity index (χ4n) is 3.13. The average molecular weight is 316 g/mol. The maximum atomic E-state index is 6.08. The molecule has 1 heterocycles. The quantitative estimate of drug-likeness (QED) is 0.476. The van der Waals surface area contributed by atoms with E-state index in [0.29, 0.717) is 0 Å². The number of aryl methyl sites for hydroxylation is 1. The summed E-state index contributed by atoms with van der Waals surface area (Å²) in [7, 11) is 4.13. The molecule has 0 atom stereocenters. The van der Waals surface area contributed by atoms with Crippen LogP contribution in [0.1, 0.15) is 5.56 Å². The molecular weight excluding hydrogens is 296 g/mol. The van der Waals surface area contributed by atoms with Gasteiger partial charge in [0, 0.05) is 25.5 Å². The van der Waals surface area contributed by atoms with Crippen LogP contribution in [-0.4, -0.2) is 14.1 Å². The van der Waals surface area contributed by atoms with Crippen LogP contribution in [0.5, 0.6) is 11.5 Å². The first-order chi connectivity index (χ1) is 11.6. The number of ether oxygens (including phenoxy) is 1. The molecule has 3 aromatic rings. The van der Waals surface area contributed by atoms with Gasteiger partial charge in [-0.3, -0.25) is 0 Å². The zero-order valence-corrected chi connectivity index (χ0v) is 14.2. The van der Waals surface area contributed by atoms with E-state index in [0.717, 1.165) is 22.9 Å². The van der Waals surface area contributed by atoms with Crippen molar-refractivity contribution in [1.82, 2.24) is 0 Å². The van der Waals surface area contributed by atoms with Gasteiger partial charge in [-0.05, 0) is 55.0 Å². The Labute approximate surface area is 142 Å². The molecule has 0 aliphatic carbocycles. The fourth-order valence-corrected chi connectivity index (χ4v) is 3.13. The molecule has 0 bridgehead atoms. The number of para-hydroxylation sites is 4. The second-order valence-electron chi connectivity index (χ2n) is 6.24.